The molecule has 0 bridgehead atoms. The summed E-state index contributed by atoms with van der Waals surface area (Å²) in [5.74, 6) is -1.50. The second-order valence-electron chi connectivity index (χ2n) is 10.5. The van der Waals surface area contributed by atoms with Crippen molar-refractivity contribution in [2.24, 2.45) is 10.2 Å². The number of nitrogens with zero attached hydrogens (tertiary/aromatic N) is 2. The molecule has 2 atom stereocenters. The van der Waals surface area contributed by atoms with Crippen LogP contribution in [0.5, 0.6) is 5.75 Å². The van der Waals surface area contributed by atoms with Crippen molar-refractivity contribution in [1.82, 2.24) is 4.90 Å². The van der Waals surface area contributed by atoms with Gasteiger partial charge in [0.2, 0.25) is 10.0 Å². The molecule has 14 heteroatoms. The van der Waals surface area contributed by atoms with Gasteiger partial charge in [0, 0.05) is 12.2 Å². The third-order valence-electron chi connectivity index (χ3n) is 6.32. The zero-order valence-electron chi connectivity index (χ0n) is 23.0. The van der Waals surface area contributed by atoms with Crippen molar-refractivity contribution in [2.45, 2.75) is 40.3 Å². The Labute approximate surface area is 232 Å². The SMILES string of the molecule is CCOP1(=O)N=C(C2=C(O)[C@H](C(C)(C)C)N(Cc3ccc(F)c(OC)c3)C2=O)Nc2ccc(NS(C)(=O)=O)cc21. The van der Waals surface area contributed by atoms with E-state index in [0.29, 0.717) is 5.56 Å². The minimum Gasteiger partial charge on any atom is -0.509 e. The number of amidine groups is 1. The van der Waals surface area contributed by atoms with Gasteiger partial charge in [0.15, 0.2) is 17.4 Å². The average Bonchev–Trinajstić information content (AvgIpc) is 3.09. The maximum absolute atomic E-state index is 14.0. The van der Waals surface area contributed by atoms with Crippen molar-refractivity contribution in [1.29, 1.82) is 0 Å². The average molecular weight is 595 g/mol. The number of aliphatic hydroxyl groups excluding tert-OH is 1. The molecule has 1 amide bonds. The van der Waals surface area contributed by atoms with Crippen LogP contribution in [0.15, 0.2) is 52.5 Å². The molecule has 0 radical (unpaired) electrons. The summed E-state index contributed by atoms with van der Waals surface area (Å²) in [6.45, 7) is 7.23. The van der Waals surface area contributed by atoms with Crippen LogP contribution in [0.1, 0.15) is 33.3 Å². The monoisotopic (exact) mass is 594 g/mol. The Kier molecular flexibility index (Phi) is 7.78. The van der Waals surface area contributed by atoms with E-state index in [-0.39, 0.29) is 52.7 Å². The van der Waals surface area contributed by atoms with Crippen LogP contribution in [0.25, 0.3) is 0 Å². The van der Waals surface area contributed by atoms with E-state index in [1.54, 1.807) is 6.92 Å². The summed E-state index contributed by atoms with van der Waals surface area (Å²) >= 11 is 0. The minimum absolute atomic E-state index is 0.0132. The maximum Gasteiger partial charge on any atom is 0.348 e. The van der Waals surface area contributed by atoms with Gasteiger partial charge >= 0.3 is 7.52 Å². The molecule has 216 valence electrons. The van der Waals surface area contributed by atoms with Crippen molar-refractivity contribution in [3.05, 3.63) is 59.1 Å². The summed E-state index contributed by atoms with van der Waals surface area (Å²) < 4.78 is 68.7. The molecule has 2 aromatic rings. The number of fused-ring (bicyclic) bond motifs is 1. The highest BCUT2D eigenvalue weighted by molar-refractivity contribution is 7.92. The lowest BCUT2D eigenvalue weighted by molar-refractivity contribution is -0.129. The van der Waals surface area contributed by atoms with E-state index in [4.69, 9.17) is 9.26 Å². The van der Waals surface area contributed by atoms with E-state index in [9.17, 15) is 27.3 Å². The van der Waals surface area contributed by atoms with Gasteiger partial charge in [-0.15, -0.1) is 0 Å². The zero-order valence-corrected chi connectivity index (χ0v) is 24.7. The predicted molar refractivity (Wildman–Crippen MR) is 151 cm³/mol. The van der Waals surface area contributed by atoms with Crippen LogP contribution < -0.4 is 20.1 Å². The second kappa shape index (κ2) is 10.5. The van der Waals surface area contributed by atoms with Gasteiger partial charge < -0.3 is 24.6 Å². The summed E-state index contributed by atoms with van der Waals surface area (Å²) in [5, 5.41) is 14.5. The number of amides is 1. The van der Waals surface area contributed by atoms with Gasteiger partial charge in [-0.3, -0.25) is 14.1 Å². The minimum atomic E-state index is -4.00. The van der Waals surface area contributed by atoms with E-state index in [2.05, 4.69) is 14.8 Å². The molecule has 3 N–H and O–H groups in total. The van der Waals surface area contributed by atoms with E-state index in [1.807, 2.05) is 20.8 Å². The fourth-order valence-electron chi connectivity index (χ4n) is 4.79. The quantitative estimate of drug-likeness (QED) is 0.387. The molecular weight excluding hydrogens is 562 g/mol. The number of ether oxygens (including phenoxy) is 1. The summed E-state index contributed by atoms with van der Waals surface area (Å²) in [5.41, 5.74) is 0.217. The highest BCUT2D eigenvalue weighted by Crippen LogP contribution is 2.53. The van der Waals surface area contributed by atoms with Gasteiger partial charge in [0.05, 0.1) is 37.0 Å². The van der Waals surface area contributed by atoms with E-state index >= 15 is 0 Å². The lowest BCUT2D eigenvalue weighted by atomic mass is 9.85. The first-order valence-corrected chi connectivity index (χ1v) is 15.9. The van der Waals surface area contributed by atoms with Crippen LogP contribution in [-0.4, -0.2) is 56.2 Å². The van der Waals surface area contributed by atoms with Gasteiger partial charge in [-0.05, 0) is 48.2 Å². The summed E-state index contributed by atoms with van der Waals surface area (Å²) in [7, 11) is -6.27. The van der Waals surface area contributed by atoms with E-state index in [1.165, 1.54) is 48.4 Å². The topological polar surface area (TPSA) is 147 Å². The third-order valence-corrected chi connectivity index (χ3v) is 8.98. The van der Waals surface area contributed by atoms with Crippen molar-refractivity contribution in [3.8, 4) is 5.75 Å². The molecule has 0 saturated heterocycles. The Balaban J connectivity index is 1.78. The number of halogens is 1. The molecule has 0 aliphatic carbocycles. The van der Waals surface area contributed by atoms with Crippen molar-refractivity contribution >= 4 is 46.0 Å². The largest absolute Gasteiger partial charge is 0.509 e. The van der Waals surface area contributed by atoms with Crippen LogP contribution in [0.3, 0.4) is 0 Å². The molecule has 0 spiro atoms. The Morgan fingerprint density at radius 1 is 1.23 bits per heavy atom. The van der Waals surface area contributed by atoms with Crippen LogP contribution >= 0.6 is 7.52 Å². The van der Waals surface area contributed by atoms with Crippen LogP contribution in [0.2, 0.25) is 0 Å². The molecule has 2 aliphatic rings. The second-order valence-corrected chi connectivity index (χ2v) is 14.3. The lowest BCUT2D eigenvalue weighted by Crippen LogP contribution is -2.43. The first kappa shape index (κ1) is 29.6. The Morgan fingerprint density at radius 3 is 2.52 bits per heavy atom. The molecule has 2 heterocycles. The molecule has 4 rings (SSSR count). The number of hydrogen-bond acceptors (Lipinski definition) is 8. The number of hydrogen-bond donors (Lipinski definition) is 3. The molecule has 0 aromatic heterocycles. The number of rotatable bonds is 8. The summed E-state index contributed by atoms with van der Waals surface area (Å²) in [6, 6.07) is 7.77. The number of nitrogens with one attached hydrogen (secondary N) is 2. The number of sulfonamides is 1. The highest BCUT2D eigenvalue weighted by Gasteiger charge is 2.48. The van der Waals surface area contributed by atoms with Gasteiger partial charge in [-0.1, -0.05) is 26.8 Å². The highest BCUT2D eigenvalue weighted by atomic mass is 32.2. The van der Waals surface area contributed by atoms with Crippen molar-refractivity contribution in [2.75, 3.05) is 30.0 Å². The number of methoxy groups -OCH3 is 1. The Morgan fingerprint density at radius 2 is 1.93 bits per heavy atom. The fraction of sp³-hybridized carbons (Fsp3) is 0.385. The molecular formula is C26H32FN4O7PS. The smallest absolute Gasteiger partial charge is 0.348 e. The first-order valence-electron chi connectivity index (χ1n) is 12.4. The molecule has 40 heavy (non-hydrogen) atoms. The van der Waals surface area contributed by atoms with Crippen LogP contribution in [0, 0.1) is 11.2 Å². The third kappa shape index (κ3) is 5.72. The number of aliphatic hydroxyl groups is 1. The number of carbonyl (C=O) groups excluding carboxylic acids is 1. The molecule has 0 saturated carbocycles. The van der Waals surface area contributed by atoms with Crippen LogP contribution in [0.4, 0.5) is 15.8 Å². The van der Waals surface area contributed by atoms with Gasteiger partial charge in [0.25, 0.3) is 5.91 Å². The number of carbonyl (C=O) groups is 1. The summed E-state index contributed by atoms with van der Waals surface area (Å²) in [4.78, 5) is 15.3. The Bertz CT molecular complexity index is 1580. The zero-order chi connectivity index (χ0) is 29.6. The number of anilines is 2. The van der Waals surface area contributed by atoms with E-state index in [0.717, 1.165) is 6.26 Å². The normalized spacial score (nSPS) is 21.2. The summed E-state index contributed by atoms with van der Waals surface area (Å²) in [6.07, 6.45) is 0.990. The standard InChI is InChI=1S/C26H32FN4O7PS/c1-7-38-39(34)20-13-16(30-40(6,35)36)9-11-18(20)28-24(29-39)21-22(32)23(26(2,3)4)31(25(21)33)14-15-8-10-17(27)19(12-15)37-5/h8-13,23,30,32H,7,14H2,1-6H3,(H,28,29,34)/t23-,39?/m1/s1. The molecule has 1 unspecified atom stereocenters. The van der Waals surface area contributed by atoms with Crippen molar-refractivity contribution in [3.63, 3.8) is 0 Å². The predicted octanol–water partition coefficient (Wildman–Crippen LogP) is 4.15. The van der Waals surface area contributed by atoms with Gasteiger partial charge in [-0.2, -0.15) is 4.76 Å². The molecule has 0 fully saturated rings. The Hall–Kier alpha value is -3.41. The first-order chi connectivity index (χ1) is 18.6. The lowest BCUT2D eigenvalue weighted by Gasteiger charge is -2.35. The maximum atomic E-state index is 14.0. The van der Waals surface area contributed by atoms with E-state index < -0.39 is 40.7 Å². The molecule has 2 aliphatic heterocycles. The van der Waals surface area contributed by atoms with Gasteiger partial charge in [-0.25, -0.2) is 12.8 Å². The van der Waals surface area contributed by atoms with Gasteiger partial charge in [0.1, 0.15) is 11.3 Å². The molecule has 2 aromatic carbocycles. The van der Waals surface area contributed by atoms with Crippen molar-refractivity contribution < 1.29 is 36.5 Å². The fourth-order valence-corrected chi connectivity index (χ4v) is 7.15. The molecule has 11 nitrogen and oxygen atoms in total. The van der Waals surface area contributed by atoms with Crippen LogP contribution in [-0.2, 0) is 30.5 Å². The number of benzene rings is 2.